The molecule has 1 aliphatic rings. The van der Waals surface area contributed by atoms with Crippen molar-refractivity contribution in [2.75, 3.05) is 0 Å². The van der Waals surface area contributed by atoms with E-state index in [1.807, 2.05) is 12.2 Å². The normalized spacial score (nSPS) is 17.4. The summed E-state index contributed by atoms with van der Waals surface area (Å²) >= 11 is 0. The van der Waals surface area contributed by atoms with Crippen molar-refractivity contribution in [3.8, 4) is 0 Å². The highest BCUT2D eigenvalue weighted by molar-refractivity contribution is 5.98. The van der Waals surface area contributed by atoms with Crippen molar-refractivity contribution in [1.82, 2.24) is 0 Å². The molecule has 7 heavy (non-hydrogen) atoms. The Balaban J connectivity index is 2.52. The molecule has 0 saturated carbocycles. The van der Waals surface area contributed by atoms with Crippen LogP contribution < -0.4 is 0 Å². The molecule has 0 amide bonds. The van der Waals surface area contributed by atoms with E-state index in [9.17, 15) is 0 Å². The first kappa shape index (κ1) is 4.65. The molecular weight excluding hydrogens is 104 g/mol. The largest absolute Gasteiger partial charge is 0.553 e. The van der Waals surface area contributed by atoms with Gasteiger partial charge in [-0.2, -0.15) is 0 Å². The third kappa shape index (κ3) is 0.931. The number of hydrogen-bond acceptors (Lipinski definition) is 1. The average Bonchev–Trinajstić information content (AvgIpc) is 2.14. The van der Waals surface area contributed by atoms with Gasteiger partial charge in [0.1, 0.15) is 5.76 Å². The van der Waals surface area contributed by atoms with Crippen LogP contribution in [0.25, 0.3) is 0 Å². The van der Waals surface area contributed by atoms with Crippen molar-refractivity contribution >= 4 is 10.5 Å². The van der Waals surface area contributed by atoms with Gasteiger partial charge in [0.25, 0.3) is 0 Å². The van der Waals surface area contributed by atoms with Crippen LogP contribution in [-0.2, 0) is 4.43 Å². The topological polar surface area (TPSA) is 9.23 Å². The second kappa shape index (κ2) is 1.98. The highest BCUT2D eigenvalue weighted by Gasteiger charge is 1.91. The summed E-state index contributed by atoms with van der Waals surface area (Å²) in [6, 6.07) is 0. The first-order valence-corrected chi connectivity index (χ1v) is 3.06. The molecule has 1 aliphatic carbocycles. The van der Waals surface area contributed by atoms with Crippen molar-refractivity contribution in [3.05, 3.63) is 24.0 Å². The summed E-state index contributed by atoms with van der Waals surface area (Å²) in [6.07, 6.45) is 7.94. The van der Waals surface area contributed by atoms with Gasteiger partial charge >= 0.3 is 0 Å². The molecule has 0 aromatic heterocycles. The molecule has 0 N–H and O–H groups in total. The van der Waals surface area contributed by atoms with Crippen LogP contribution >= 0.6 is 0 Å². The zero-order valence-electron chi connectivity index (χ0n) is 4.27. The smallest absolute Gasteiger partial charge is 0.204 e. The molecule has 0 unspecified atom stereocenters. The Morgan fingerprint density at radius 1 is 1.86 bits per heavy atom. The molecule has 2 heteroatoms. The van der Waals surface area contributed by atoms with Crippen molar-refractivity contribution < 1.29 is 4.43 Å². The van der Waals surface area contributed by atoms with E-state index < -0.39 is 0 Å². The Hall–Kier alpha value is -0.503. The monoisotopic (exact) mass is 111 g/mol. The summed E-state index contributed by atoms with van der Waals surface area (Å²) < 4.78 is 4.97. The second-order valence-electron chi connectivity index (χ2n) is 1.35. The number of rotatable bonds is 1. The summed E-state index contributed by atoms with van der Waals surface area (Å²) in [5.41, 5.74) is 0. The molecular formula is C5H7OSi. The molecule has 0 aromatic carbocycles. The molecule has 0 fully saturated rings. The van der Waals surface area contributed by atoms with Crippen molar-refractivity contribution in [2.24, 2.45) is 0 Å². The van der Waals surface area contributed by atoms with Gasteiger partial charge in [-0.3, -0.25) is 0 Å². The summed E-state index contributed by atoms with van der Waals surface area (Å²) in [5, 5.41) is 0. The zero-order chi connectivity index (χ0) is 5.11. The van der Waals surface area contributed by atoms with Crippen LogP contribution in [0.5, 0.6) is 0 Å². The van der Waals surface area contributed by atoms with Crippen LogP contribution in [0.4, 0.5) is 0 Å². The molecule has 37 valence electrons. The fourth-order valence-corrected chi connectivity index (χ4v) is 0.805. The number of allylic oxidation sites excluding steroid dienone is 3. The third-order valence-corrected chi connectivity index (χ3v) is 1.32. The second-order valence-corrected chi connectivity index (χ2v) is 1.76. The first-order valence-electron chi connectivity index (χ1n) is 2.25. The quantitative estimate of drug-likeness (QED) is 0.430. The lowest BCUT2D eigenvalue weighted by Crippen LogP contribution is -1.77. The van der Waals surface area contributed by atoms with Gasteiger partial charge in [0.05, 0.1) is 0 Å². The van der Waals surface area contributed by atoms with Crippen LogP contribution in [0.1, 0.15) is 6.42 Å². The standard InChI is InChI=1S/C5H7OSi/c7-6-5-3-1-2-4-5/h1,3H,2H2,7H3. The minimum Gasteiger partial charge on any atom is -0.553 e. The minimum absolute atomic E-state index is 0.781. The van der Waals surface area contributed by atoms with Gasteiger partial charge < -0.3 is 4.43 Å². The van der Waals surface area contributed by atoms with Gasteiger partial charge in [0.15, 0.2) is 0 Å². The van der Waals surface area contributed by atoms with E-state index in [1.54, 1.807) is 0 Å². The summed E-state index contributed by atoms with van der Waals surface area (Å²) in [7, 11) is 0.781. The van der Waals surface area contributed by atoms with E-state index in [1.165, 1.54) is 0 Å². The van der Waals surface area contributed by atoms with E-state index in [4.69, 9.17) is 4.43 Å². The highest BCUT2D eigenvalue weighted by Crippen LogP contribution is 2.05. The maximum Gasteiger partial charge on any atom is 0.204 e. The molecule has 1 nitrogen and oxygen atoms in total. The fourth-order valence-electron chi connectivity index (χ4n) is 0.525. The van der Waals surface area contributed by atoms with E-state index >= 15 is 0 Å². The van der Waals surface area contributed by atoms with Crippen LogP contribution in [0.2, 0.25) is 0 Å². The maximum atomic E-state index is 4.97. The predicted molar refractivity (Wildman–Crippen MR) is 31.5 cm³/mol. The lowest BCUT2D eigenvalue weighted by Gasteiger charge is -1.92. The van der Waals surface area contributed by atoms with Crippen LogP contribution in [-0.4, -0.2) is 10.5 Å². The van der Waals surface area contributed by atoms with Gasteiger partial charge in [0.2, 0.25) is 10.5 Å². The van der Waals surface area contributed by atoms with E-state index in [-0.39, 0.29) is 0 Å². The molecule has 0 aliphatic heterocycles. The average molecular weight is 111 g/mol. The fraction of sp³-hybridized carbons (Fsp3) is 0.200. The van der Waals surface area contributed by atoms with Gasteiger partial charge in [-0.25, -0.2) is 0 Å². The number of hydrogen-bond donors (Lipinski definition) is 0. The molecule has 0 saturated heterocycles. The van der Waals surface area contributed by atoms with Gasteiger partial charge in [0, 0.05) is 6.08 Å². The Bertz CT molecular complexity index is 115. The Kier molecular flexibility index (Phi) is 1.31. The molecule has 0 aromatic rings. The van der Waals surface area contributed by atoms with Crippen LogP contribution in [0.3, 0.4) is 0 Å². The summed E-state index contributed by atoms with van der Waals surface area (Å²) in [6.45, 7) is 0. The zero-order valence-corrected chi connectivity index (χ0v) is 6.27. The molecule has 0 spiro atoms. The van der Waals surface area contributed by atoms with Crippen molar-refractivity contribution in [2.45, 2.75) is 6.42 Å². The van der Waals surface area contributed by atoms with E-state index in [0.29, 0.717) is 0 Å². The third-order valence-electron chi connectivity index (χ3n) is 0.883. The van der Waals surface area contributed by atoms with Crippen LogP contribution in [0.15, 0.2) is 17.9 Å². The molecule has 1 rings (SSSR count). The maximum absolute atomic E-state index is 4.97. The van der Waals surface area contributed by atoms with E-state index in [2.05, 4.69) is 6.08 Å². The Morgan fingerprint density at radius 3 is 3.00 bits per heavy atom. The van der Waals surface area contributed by atoms with E-state index in [0.717, 1.165) is 22.7 Å². The minimum atomic E-state index is 0.781. The van der Waals surface area contributed by atoms with Gasteiger partial charge in [-0.15, -0.1) is 0 Å². The summed E-state index contributed by atoms with van der Waals surface area (Å²) in [4.78, 5) is 0. The molecule has 0 heterocycles. The van der Waals surface area contributed by atoms with Crippen molar-refractivity contribution in [1.29, 1.82) is 0 Å². The first-order chi connectivity index (χ1) is 3.43. The molecule has 0 bridgehead atoms. The summed E-state index contributed by atoms with van der Waals surface area (Å²) in [5.74, 6) is 0.923. The predicted octanol–water partition coefficient (Wildman–Crippen LogP) is -0.0696. The van der Waals surface area contributed by atoms with Gasteiger partial charge in [-0.1, -0.05) is 6.08 Å². The highest BCUT2D eigenvalue weighted by atomic mass is 28.2. The molecule has 0 atom stereocenters. The SMILES string of the molecule is [SiH3]OC1=[C]CC=C1. The van der Waals surface area contributed by atoms with Crippen LogP contribution in [0, 0.1) is 6.08 Å². The lowest BCUT2D eigenvalue weighted by atomic mass is 10.5. The lowest BCUT2D eigenvalue weighted by molar-refractivity contribution is 0.490. The van der Waals surface area contributed by atoms with Gasteiger partial charge in [-0.05, 0) is 12.5 Å². The van der Waals surface area contributed by atoms with Crippen molar-refractivity contribution in [3.63, 3.8) is 0 Å². The molecule has 1 radical (unpaired) electrons. The Morgan fingerprint density at radius 2 is 2.71 bits per heavy atom. The Labute approximate surface area is 46.2 Å².